The van der Waals surface area contributed by atoms with Gasteiger partial charge in [0.15, 0.2) is 0 Å². The quantitative estimate of drug-likeness (QED) is 0.430. The molecular formula is C21H38P2. The fourth-order valence-corrected chi connectivity index (χ4v) is 16.7. The molecule has 2 heteroatoms. The van der Waals surface area contributed by atoms with Crippen LogP contribution in [0.15, 0.2) is 0 Å². The molecule has 0 aromatic heterocycles. The number of hydrogen-bond acceptors (Lipinski definition) is 0. The molecule has 0 radical (unpaired) electrons. The van der Waals surface area contributed by atoms with Gasteiger partial charge in [-0.25, -0.2) is 0 Å². The predicted molar refractivity (Wildman–Crippen MR) is 108 cm³/mol. The molecule has 132 valence electrons. The van der Waals surface area contributed by atoms with E-state index in [1.165, 1.54) is 22.6 Å². The zero-order valence-corrected chi connectivity index (χ0v) is 17.0. The van der Waals surface area contributed by atoms with Crippen LogP contribution in [0.2, 0.25) is 0 Å². The van der Waals surface area contributed by atoms with E-state index in [0.29, 0.717) is 15.8 Å². The Morgan fingerprint density at radius 2 is 0.609 bits per heavy atom. The fourth-order valence-electron chi connectivity index (χ4n) is 6.19. The van der Waals surface area contributed by atoms with Crippen molar-refractivity contribution < 1.29 is 0 Å². The van der Waals surface area contributed by atoms with E-state index in [1.54, 1.807) is 109 Å². The van der Waals surface area contributed by atoms with E-state index in [0.717, 1.165) is 0 Å². The van der Waals surface area contributed by atoms with Crippen LogP contribution in [0.25, 0.3) is 0 Å². The highest BCUT2D eigenvalue weighted by Gasteiger charge is 2.39. The lowest BCUT2D eigenvalue weighted by Crippen LogP contribution is -2.18. The highest BCUT2D eigenvalue weighted by atomic mass is 31.2. The van der Waals surface area contributed by atoms with E-state index >= 15 is 0 Å². The maximum absolute atomic E-state index is 1.79. The summed E-state index contributed by atoms with van der Waals surface area (Å²) in [5.41, 5.74) is 4.84. The Morgan fingerprint density at radius 3 is 0.826 bits per heavy atom. The van der Waals surface area contributed by atoms with Gasteiger partial charge in [-0.05, 0) is 79.9 Å². The highest BCUT2D eigenvalue weighted by Crippen LogP contribution is 2.68. The molecule has 0 saturated heterocycles. The Kier molecular flexibility index (Phi) is 6.38. The lowest BCUT2D eigenvalue weighted by atomic mass is 10.4. The van der Waals surface area contributed by atoms with Crippen LogP contribution < -0.4 is 0 Å². The van der Waals surface area contributed by atoms with Gasteiger partial charge in [0.05, 0.1) is 0 Å². The van der Waals surface area contributed by atoms with E-state index in [-0.39, 0.29) is 0 Å². The number of hydrogen-bond donors (Lipinski definition) is 0. The Bertz CT molecular complexity index is 279. The first kappa shape index (κ1) is 17.3. The maximum atomic E-state index is 1.79. The minimum absolute atomic E-state index is 0.394. The summed E-state index contributed by atoms with van der Waals surface area (Å²) in [6, 6.07) is 0. The van der Waals surface area contributed by atoms with Crippen molar-refractivity contribution in [3.05, 3.63) is 0 Å². The van der Waals surface area contributed by atoms with E-state index < -0.39 is 0 Å². The summed E-state index contributed by atoms with van der Waals surface area (Å²) in [7, 11) is 0.789. The minimum atomic E-state index is 0.394. The molecule has 4 saturated carbocycles. The average molecular weight is 352 g/mol. The standard InChI is InChI=1S/C21H38P2/c1-2-10-18(9-1)22(19-11-3-4-12-19)17-23(20-13-5-6-14-20)21-15-7-8-16-21/h18-21H,1-17H2. The molecule has 4 aliphatic carbocycles. The third kappa shape index (κ3) is 4.17. The molecule has 0 N–H and O–H groups in total. The van der Waals surface area contributed by atoms with Gasteiger partial charge < -0.3 is 0 Å². The molecule has 0 bridgehead atoms. The molecule has 0 atom stereocenters. The van der Waals surface area contributed by atoms with Gasteiger partial charge in [0, 0.05) is 0 Å². The van der Waals surface area contributed by atoms with Gasteiger partial charge in [-0.15, -0.1) is 0 Å². The lowest BCUT2D eigenvalue weighted by molar-refractivity contribution is 0.817. The van der Waals surface area contributed by atoms with Crippen molar-refractivity contribution in [3.63, 3.8) is 0 Å². The predicted octanol–water partition coefficient (Wildman–Crippen LogP) is 7.68. The van der Waals surface area contributed by atoms with Crippen LogP contribution in [0.1, 0.15) is 103 Å². The van der Waals surface area contributed by atoms with Gasteiger partial charge in [-0.2, -0.15) is 0 Å². The fraction of sp³-hybridized carbons (Fsp3) is 1.00. The van der Waals surface area contributed by atoms with Gasteiger partial charge >= 0.3 is 0 Å². The van der Waals surface area contributed by atoms with Crippen molar-refractivity contribution in [2.24, 2.45) is 0 Å². The monoisotopic (exact) mass is 352 g/mol. The van der Waals surface area contributed by atoms with Gasteiger partial charge in [-0.1, -0.05) is 67.2 Å². The average Bonchev–Trinajstić information content (AvgIpc) is 3.35. The van der Waals surface area contributed by atoms with Crippen molar-refractivity contribution in [1.29, 1.82) is 0 Å². The summed E-state index contributed by atoms with van der Waals surface area (Å²) in [6.45, 7) is 0. The van der Waals surface area contributed by atoms with Crippen LogP contribution >= 0.6 is 15.8 Å². The first-order valence-corrected chi connectivity index (χ1v) is 14.3. The van der Waals surface area contributed by atoms with Crippen LogP contribution in [0, 0.1) is 0 Å². The molecular weight excluding hydrogens is 314 g/mol. The molecule has 4 aliphatic rings. The Hall–Kier alpha value is 0.860. The van der Waals surface area contributed by atoms with Crippen molar-refractivity contribution in [2.75, 3.05) is 5.90 Å². The van der Waals surface area contributed by atoms with Crippen LogP contribution in [0.3, 0.4) is 0 Å². The molecule has 4 rings (SSSR count). The largest absolute Gasteiger partial charge is 0.0959 e. The first-order chi connectivity index (χ1) is 11.4. The molecule has 4 fully saturated rings. The van der Waals surface area contributed by atoms with Crippen LogP contribution in [-0.4, -0.2) is 28.5 Å². The van der Waals surface area contributed by atoms with Crippen molar-refractivity contribution >= 4 is 15.8 Å². The summed E-state index contributed by atoms with van der Waals surface area (Å²) < 4.78 is 0. The normalized spacial score (nSPS) is 29.0. The second-order valence-electron chi connectivity index (χ2n) is 8.92. The minimum Gasteiger partial charge on any atom is -0.0959 e. The first-order valence-electron chi connectivity index (χ1n) is 10.9. The Morgan fingerprint density at radius 1 is 0.391 bits per heavy atom. The Labute approximate surface area is 147 Å². The SMILES string of the molecule is C1CCC(P(CP(C2CCCC2)C2CCCC2)C2CCCC2)C1. The molecule has 0 aromatic carbocycles. The smallest absolute Gasteiger partial charge is 0.0111 e. The molecule has 0 aliphatic heterocycles. The van der Waals surface area contributed by atoms with Gasteiger partial charge in [-0.3, -0.25) is 0 Å². The molecule has 0 aromatic rings. The third-order valence-electron chi connectivity index (χ3n) is 7.50. The molecule has 0 nitrogen and oxygen atoms in total. The zero-order chi connectivity index (χ0) is 15.5. The Balaban J connectivity index is 1.48. The molecule has 0 amide bonds. The molecule has 23 heavy (non-hydrogen) atoms. The summed E-state index contributed by atoms with van der Waals surface area (Å²) in [5, 5.41) is 0. The lowest BCUT2D eigenvalue weighted by Gasteiger charge is -2.38. The summed E-state index contributed by atoms with van der Waals surface area (Å²) >= 11 is 0. The van der Waals surface area contributed by atoms with Crippen LogP contribution in [-0.2, 0) is 0 Å². The second kappa shape index (κ2) is 8.49. The second-order valence-corrected chi connectivity index (χ2v) is 15.0. The van der Waals surface area contributed by atoms with Crippen LogP contribution in [0.5, 0.6) is 0 Å². The summed E-state index contributed by atoms with van der Waals surface area (Å²) in [4.78, 5) is 0. The molecule has 0 unspecified atom stereocenters. The van der Waals surface area contributed by atoms with Gasteiger partial charge in [0.2, 0.25) is 0 Å². The third-order valence-corrected chi connectivity index (χ3v) is 15.9. The van der Waals surface area contributed by atoms with E-state index in [9.17, 15) is 0 Å². The summed E-state index contributed by atoms with van der Waals surface area (Å²) in [5.74, 6) is 1.79. The van der Waals surface area contributed by atoms with E-state index in [1.807, 2.05) is 0 Å². The van der Waals surface area contributed by atoms with Gasteiger partial charge in [0.25, 0.3) is 0 Å². The molecule has 0 spiro atoms. The summed E-state index contributed by atoms with van der Waals surface area (Å²) in [6.07, 6.45) is 25.6. The van der Waals surface area contributed by atoms with Gasteiger partial charge in [0.1, 0.15) is 0 Å². The highest BCUT2D eigenvalue weighted by molar-refractivity contribution is 7.76. The van der Waals surface area contributed by atoms with Crippen molar-refractivity contribution in [1.82, 2.24) is 0 Å². The van der Waals surface area contributed by atoms with Crippen LogP contribution in [0.4, 0.5) is 0 Å². The maximum Gasteiger partial charge on any atom is -0.0111 e. The van der Waals surface area contributed by atoms with Crippen molar-refractivity contribution in [3.8, 4) is 0 Å². The van der Waals surface area contributed by atoms with E-state index in [4.69, 9.17) is 0 Å². The van der Waals surface area contributed by atoms with E-state index in [2.05, 4.69) is 0 Å². The molecule has 0 heterocycles. The number of rotatable bonds is 6. The zero-order valence-electron chi connectivity index (χ0n) is 15.2. The topological polar surface area (TPSA) is 0 Å². The van der Waals surface area contributed by atoms with Crippen molar-refractivity contribution in [2.45, 2.75) is 125 Å².